The first-order valence-corrected chi connectivity index (χ1v) is 13.2. The number of nitrogens with one attached hydrogen (secondary N) is 2. The van der Waals surface area contributed by atoms with Gasteiger partial charge in [0.2, 0.25) is 10.0 Å². The molecule has 13 heteroatoms. The summed E-state index contributed by atoms with van der Waals surface area (Å²) < 4.78 is 45.3. The van der Waals surface area contributed by atoms with Crippen LogP contribution in [0, 0.1) is 5.82 Å². The summed E-state index contributed by atoms with van der Waals surface area (Å²) in [5, 5.41) is 14.5. The van der Waals surface area contributed by atoms with E-state index in [1.807, 2.05) is 0 Å². The molecule has 0 spiro atoms. The number of sulfonamides is 1. The number of nitrogens with zero attached hydrogens (tertiary/aromatic N) is 2. The zero-order valence-electron chi connectivity index (χ0n) is 20.4. The fourth-order valence-electron chi connectivity index (χ4n) is 4.00. The van der Waals surface area contributed by atoms with Crippen molar-refractivity contribution in [3.63, 3.8) is 0 Å². The van der Waals surface area contributed by atoms with Crippen LogP contribution in [0.2, 0.25) is 0 Å². The van der Waals surface area contributed by atoms with Crippen molar-refractivity contribution in [2.24, 2.45) is 0 Å². The van der Waals surface area contributed by atoms with Crippen molar-refractivity contribution in [2.75, 3.05) is 31.3 Å². The normalized spacial score (nSPS) is 16.7. The molecule has 3 amide bonds. The highest BCUT2D eigenvalue weighted by molar-refractivity contribution is 7.89. The monoisotopic (exact) mass is 536 g/mol. The number of carboxylic acids is 1. The van der Waals surface area contributed by atoms with Gasteiger partial charge in [-0.3, -0.25) is 14.5 Å². The van der Waals surface area contributed by atoms with E-state index >= 15 is 0 Å². The quantitative estimate of drug-likeness (QED) is 0.423. The van der Waals surface area contributed by atoms with Gasteiger partial charge >= 0.3 is 12.0 Å². The summed E-state index contributed by atoms with van der Waals surface area (Å²) in [7, 11) is -2.42. The molecule has 2 unspecified atom stereocenters. The number of anilines is 1. The fourth-order valence-corrected chi connectivity index (χ4v) is 5.62. The number of halogens is 1. The number of aliphatic carboxylic acids is 1. The lowest BCUT2D eigenvalue weighted by Gasteiger charge is -2.30. The van der Waals surface area contributed by atoms with Crippen LogP contribution in [0.1, 0.15) is 31.4 Å². The van der Waals surface area contributed by atoms with Gasteiger partial charge in [0.1, 0.15) is 11.6 Å². The van der Waals surface area contributed by atoms with Crippen LogP contribution in [0.25, 0.3) is 0 Å². The van der Waals surface area contributed by atoms with E-state index in [4.69, 9.17) is 4.74 Å². The average Bonchev–Trinajstić information content (AvgIpc) is 3.31. The van der Waals surface area contributed by atoms with Gasteiger partial charge < -0.3 is 20.5 Å². The number of carboxylic acid groups (broad SMARTS) is 1. The molecule has 2 atom stereocenters. The van der Waals surface area contributed by atoms with E-state index < -0.39 is 52.4 Å². The summed E-state index contributed by atoms with van der Waals surface area (Å²) >= 11 is 0. The molecule has 2 aromatic carbocycles. The molecule has 0 bridgehead atoms. The summed E-state index contributed by atoms with van der Waals surface area (Å²) in [4.78, 5) is 39.1. The molecule has 1 fully saturated rings. The molecule has 200 valence electrons. The van der Waals surface area contributed by atoms with E-state index in [-0.39, 0.29) is 18.8 Å². The molecule has 1 aliphatic heterocycles. The Kier molecular flexibility index (Phi) is 9.05. The van der Waals surface area contributed by atoms with E-state index in [0.717, 1.165) is 21.3 Å². The lowest BCUT2D eigenvalue weighted by molar-refractivity contribution is -0.138. The summed E-state index contributed by atoms with van der Waals surface area (Å²) in [5.41, 5.74) is 0.710. The van der Waals surface area contributed by atoms with Gasteiger partial charge in [0.15, 0.2) is 6.17 Å². The zero-order valence-corrected chi connectivity index (χ0v) is 21.2. The summed E-state index contributed by atoms with van der Waals surface area (Å²) in [6.07, 6.45) is -1.79. The topological polar surface area (TPSA) is 145 Å². The Hall–Kier alpha value is -3.71. The van der Waals surface area contributed by atoms with Crippen LogP contribution < -0.4 is 15.4 Å². The van der Waals surface area contributed by atoms with Crippen LogP contribution in [0.5, 0.6) is 5.75 Å². The number of methoxy groups -OCH3 is 1. The predicted molar refractivity (Wildman–Crippen MR) is 133 cm³/mol. The molecule has 37 heavy (non-hydrogen) atoms. The number of benzene rings is 2. The maximum absolute atomic E-state index is 13.5. The minimum Gasteiger partial charge on any atom is -0.497 e. The third-order valence-electron chi connectivity index (χ3n) is 5.75. The van der Waals surface area contributed by atoms with Gasteiger partial charge in [0, 0.05) is 18.8 Å². The van der Waals surface area contributed by atoms with Gasteiger partial charge in [-0.25, -0.2) is 17.6 Å². The van der Waals surface area contributed by atoms with Gasteiger partial charge in [-0.2, -0.15) is 4.31 Å². The Morgan fingerprint density at radius 3 is 2.32 bits per heavy atom. The number of rotatable bonds is 10. The Balaban J connectivity index is 1.89. The fraction of sp³-hybridized carbons (Fsp3) is 0.375. The lowest BCUT2D eigenvalue weighted by Crippen LogP contribution is -2.55. The zero-order chi connectivity index (χ0) is 27.2. The van der Waals surface area contributed by atoms with Crippen molar-refractivity contribution in [3.05, 3.63) is 59.9 Å². The molecule has 0 radical (unpaired) electrons. The van der Waals surface area contributed by atoms with Gasteiger partial charge in [0.05, 0.1) is 25.3 Å². The van der Waals surface area contributed by atoms with Gasteiger partial charge in [-0.1, -0.05) is 19.1 Å². The highest BCUT2D eigenvalue weighted by Gasteiger charge is 2.46. The van der Waals surface area contributed by atoms with Gasteiger partial charge in [-0.15, -0.1) is 0 Å². The highest BCUT2D eigenvalue weighted by atomic mass is 32.2. The van der Waals surface area contributed by atoms with Crippen LogP contribution in [-0.2, 0) is 19.6 Å². The number of carbonyl (C=O) groups excluding carboxylic acids is 2. The van der Waals surface area contributed by atoms with E-state index in [9.17, 15) is 32.3 Å². The third kappa shape index (κ3) is 6.95. The van der Waals surface area contributed by atoms with E-state index in [1.165, 1.54) is 19.2 Å². The lowest BCUT2D eigenvalue weighted by atomic mass is 10.0. The van der Waals surface area contributed by atoms with E-state index in [1.54, 1.807) is 31.2 Å². The van der Waals surface area contributed by atoms with Crippen molar-refractivity contribution in [3.8, 4) is 5.75 Å². The molecular formula is C24H29FN4O7S. The summed E-state index contributed by atoms with van der Waals surface area (Å²) in [6.45, 7) is 1.49. The Morgan fingerprint density at radius 1 is 1.11 bits per heavy atom. The second-order valence-corrected chi connectivity index (χ2v) is 10.4. The van der Waals surface area contributed by atoms with Crippen LogP contribution in [0.3, 0.4) is 0 Å². The molecule has 0 saturated carbocycles. The maximum atomic E-state index is 13.5. The van der Waals surface area contributed by atoms with Crippen molar-refractivity contribution < 1.29 is 37.0 Å². The molecule has 3 rings (SSSR count). The first-order valence-electron chi connectivity index (χ1n) is 11.5. The van der Waals surface area contributed by atoms with Crippen molar-refractivity contribution in [1.82, 2.24) is 14.5 Å². The smallest absolute Gasteiger partial charge is 0.323 e. The maximum Gasteiger partial charge on any atom is 0.323 e. The van der Waals surface area contributed by atoms with Gasteiger partial charge in [-0.05, 0) is 48.4 Å². The van der Waals surface area contributed by atoms with Crippen molar-refractivity contribution in [1.29, 1.82) is 0 Å². The summed E-state index contributed by atoms with van der Waals surface area (Å²) in [5.74, 6) is -2.32. The first kappa shape index (κ1) is 27.9. The third-order valence-corrected chi connectivity index (χ3v) is 7.77. The number of amides is 3. The Labute approximate surface area is 214 Å². The average molecular weight is 537 g/mol. The predicted octanol–water partition coefficient (Wildman–Crippen LogP) is 2.38. The van der Waals surface area contributed by atoms with Crippen molar-refractivity contribution >= 4 is 33.6 Å². The number of ether oxygens (including phenoxy) is 1. The second-order valence-electron chi connectivity index (χ2n) is 8.36. The molecule has 1 heterocycles. The number of hydrogen-bond donors (Lipinski definition) is 3. The number of hydrogen-bond acceptors (Lipinski definition) is 6. The largest absolute Gasteiger partial charge is 0.497 e. The van der Waals surface area contributed by atoms with E-state index in [2.05, 4.69) is 10.6 Å². The Morgan fingerprint density at radius 2 is 1.76 bits per heavy atom. The highest BCUT2D eigenvalue weighted by Crippen LogP contribution is 2.25. The molecule has 1 saturated heterocycles. The molecule has 3 N–H and O–H groups in total. The van der Waals surface area contributed by atoms with Crippen LogP contribution in [-0.4, -0.2) is 72.8 Å². The van der Waals surface area contributed by atoms with Crippen LogP contribution in [0.15, 0.2) is 48.5 Å². The molecule has 1 aliphatic rings. The van der Waals surface area contributed by atoms with Crippen molar-refractivity contribution in [2.45, 2.75) is 32.0 Å². The molecule has 11 nitrogen and oxygen atoms in total. The minimum absolute atomic E-state index is 0.0663. The van der Waals surface area contributed by atoms with Gasteiger partial charge in [0.25, 0.3) is 5.91 Å². The van der Waals surface area contributed by atoms with Crippen LogP contribution >= 0.6 is 0 Å². The second kappa shape index (κ2) is 12.0. The number of carbonyl (C=O) groups is 3. The molecule has 0 aromatic heterocycles. The number of urea groups is 1. The molecular weight excluding hydrogens is 507 g/mol. The molecule has 2 aromatic rings. The Bertz CT molecular complexity index is 1220. The summed E-state index contributed by atoms with van der Waals surface area (Å²) in [6, 6.07) is 9.54. The molecule has 0 aliphatic carbocycles. The van der Waals surface area contributed by atoms with E-state index in [0.29, 0.717) is 23.4 Å². The van der Waals surface area contributed by atoms with Crippen LogP contribution in [0.4, 0.5) is 14.9 Å². The first-order chi connectivity index (χ1) is 17.6. The SMILES string of the molecule is CCCS(=O)(=O)N1CCN(C(=O)Nc2ccc(OC)cc2)C1C(=O)NC(CC(=O)O)c1ccc(F)cc1. The minimum atomic E-state index is -3.91. The standard InChI is InChI=1S/C24H29FN4O7S/c1-3-14-37(34,35)29-13-12-28(24(33)26-18-8-10-19(36-2)11-9-18)23(29)22(32)27-20(15-21(30)31)16-4-6-17(25)7-5-16/h4-11,20,23H,3,12-15H2,1-2H3,(H,26,33)(H,27,32)(H,30,31).